The predicted molar refractivity (Wildman–Crippen MR) is 109 cm³/mol. The number of aryl methyl sites for hydroxylation is 2. The van der Waals surface area contributed by atoms with Crippen molar-refractivity contribution in [1.82, 2.24) is 15.2 Å². The molecule has 1 aromatic heterocycles. The molecule has 3 aromatic rings. The van der Waals surface area contributed by atoms with E-state index < -0.39 is 0 Å². The predicted octanol–water partition coefficient (Wildman–Crippen LogP) is 4.81. The van der Waals surface area contributed by atoms with Crippen LogP contribution in [0.25, 0.3) is 5.69 Å². The van der Waals surface area contributed by atoms with Gasteiger partial charge in [-0.2, -0.15) is 10.2 Å². The van der Waals surface area contributed by atoms with E-state index in [0.29, 0.717) is 27.0 Å². The zero-order valence-corrected chi connectivity index (χ0v) is 16.4. The molecule has 0 aliphatic rings. The maximum absolute atomic E-state index is 12.2. The lowest BCUT2D eigenvalue weighted by Crippen LogP contribution is -2.17. The van der Waals surface area contributed by atoms with Gasteiger partial charge in [0.1, 0.15) is 5.15 Å². The minimum Gasteiger partial charge on any atom is -0.267 e. The topological polar surface area (TPSA) is 59.3 Å². The maximum Gasteiger partial charge on any atom is 0.271 e. The van der Waals surface area contributed by atoms with Crippen molar-refractivity contribution >= 4 is 35.3 Å². The van der Waals surface area contributed by atoms with E-state index in [1.54, 1.807) is 28.9 Å². The first-order valence-electron chi connectivity index (χ1n) is 8.43. The number of aromatic nitrogens is 2. The third-order valence-electron chi connectivity index (χ3n) is 4.08. The van der Waals surface area contributed by atoms with E-state index in [0.717, 1.165) is 12.1 Å². The summed E-state index contributed by atoms with van der Waals surface area (Å²) in [6.07, 6.45) is 2.42. The van der Waals surface area contributed by atoms with Crippen LogP contribution in [0.1, 0.15) is 34.1 Å². The highest BCUT2D eigenvalue weighted by molar-refractivity contribution is 6.32. The van der Waals surface area contributed by atoms with Crippen LogP contribution in [0.2, 0.25) is 10.2 Å². The molecular formula is C20H18Cl2N4O. The van der Waals surface area contributed by atoms with Crippen LogP contribution in [0.4, 0.5) is 0 Å². The van der Waals surface area contributed by atoms with Crippen LogP contribution in [0, 0.1) is 6.92 Å². The summed E-state index contributed by atoms with van der Waals surface area (Å²) in [4.78, 5) is 12.2. The molecule has 0 unspecified atom stereocenters. The molecule has 0 saturated heterocycles. The fourth-order valence-electron chi connectivity index (χ4n) is 2.55. The highest BCUT2D eigenvalue weighted by Gasteiger charge is 2.13. The van der Waals surface area contributed by atoms with E-state index >= 15 is 0 Å². The van der Waals surface area contributed by atoms with Gasteiger partial charge in [0.25, 0.3) is 5.91 Å². The molecule has 0 bridgehead atoms. The number of hydrogen-bond acceptors (Lipinski definition) is 3. The number of carbonyl (C=O) groups excluding carboxylic acids is 1. The van der Waals surface area contributed by atoms with Crippen LogP contribution in [0.3, 0.4) is 0 Å². The number of nitrogens with one attached hydrogen (secondary N) is 1. The molecule has 0 saturated carbocycles. The number of hydrogen-bond donors (Lipinski definition) is 1. The largest absolute Gasteiger partial charge is 0.271 e. The third-order valence-corrected chi connectivity index (χ3v) is 4.68. The second kappa shape index (κ2) is 8.37. The molecule has 27 heavy (non-hydrogen) atoms. The van der Waals surface area contributed by atoms with Crippen molar-refractivity contribution < 1.29 is 4.79 Å². The Hall–Kier alpha value is -2.63. The van der Waals surface area contributed by atoms with Gasteiger partial charge in [-0.05, 0) is 49.2 Å². The van der Waals surface area contributed by atoms with Gasteiger partial charge in [-0.1, -0.05) is 48.3 Å². The fourth-order valence-corrected chi connectivity index (χ4v) is 3.05. The Morgan fingerprint density at radius 3 is 2.63 bits per heavy atom. The van der Waals surface area contributed by atoms with Crippen LogP contribution in [0.5, 0.6) is 0 Å². The molecule has 0 spiro atoms. The van der Waals surface area contributed by atoms with Crippen LogP contribution < -0.4 is 5.43 Å². The van der Waals surface area contributed by atoms with Gasteiger partial charge in [-0.25, -0.2) is 10.1 Å². The summed E-state index contributed by atoms with van der Waals surface area (Å²) in [6, 6.07) is 14.6. The smallest absolute Gasteiger partial charge is 0.267 e. The average molecular weight is 401 g/mol. The standard InChI is InChI=1S/C20H18Cl2N4O/c1-3-14-7-9-15(10-8-14)20(27)24-23-12-18-13(2)25-26(19(18)22)17-6-4-5-16(21)11-17/h4-12H,3H2,1-2H3,(H,24,27)/b23-12-. The van der Waals surface area contributed by atoms with Crippen LogP contribution in [-0.2, 0) is 6.42 Å². The zero-order chi connectivity index (χ0) is 19.4. The van der Waals surface area contributed by atoms with Gasteiger partial charge < -0.3 is 0 Å². The number of halogens is 2. The molecule has 2 aromatic carbocycles. The Balaban J connectivity index is 1.76. The summed E-state index contributed by atoms with van der Waals surface area (Å²) >= 11 is 12.5. The molecule has 1 N–H and O–H groups in total. The number of hydrazone groups is 1. The Labute approximate surface area is 167 Å². The fraction of sp³-hybridized carbons (Fsp3) is 0.150. The van der Waals surface area contributed by atoms with E-state index in [2.05, 4.69) is 22.5 Å². The van der Waals surface area contributed by atoms with Crippen LogP contribution >= 0.6 is 23.2 Å². The second-order valence-corrected chi connectivity index (χ2v) is 6.73. The Kier molecular flexibility index (Phi) is 5.94. The van der Waals surface area contributed by atoms with Gasteiger partial charge in [-0.3, -0.25) is 4.79 Å². The van der Waals surface area contributed by atoms with Gasteiger partial charge in [0.05, 0.1) is 23.2 Å². The van der Waals surface area contributed by atoms with Gasteiger partial charge >= 0.3 is 0 Å². The Bertz CT molecular complexity index is 994. The maximum atomic E-state index is 12.2. The molecule has 0 aliphatic heterocycles. The van der Waals surface area contributed by atoms with E-state index in [9.17, 15) is 4.79 Å². The lowest BCUT2D eigenvalue weighted by Gasteiger charge is -2.03. The van der Waals surface area contributed by atoms with Crippen LogP contribution in [-0.4, -0.2) is 21.9 Å². The minimum absolute atomic E-state index is 0.287. The van der Waals surface area contributed by atoms with Gasteiger partial charge in [-0.15, -0.1) is 0 Å². The van der Waals surface area contributed by atoms with Gasteiger partial charge in [0.2, 0.25) is 0 Å². The number of carbonyl (C=O) groups is 1. The Morgan fingerprint density at radius 2 is 1.96 bits per heavy atom. The summed E-state index contributed by atoms with van der Waals surface area (Å²) in [7, 11) is 0. The van der Waals surface area contributed by atoms with E-state index in [4.69, 9.17) is 23.2 Å². The monoisotopic (exact) mass is 400 g/mol. The number of amides is 1. The zero-order valence-electron chi connectivity index (χ0n) is 14.9. The Morgan fingerprint density at radius 1 is 1.22 bits per heavy atom. The molecule has 1 heterocycles. The quantitative estimate of drug-likeness (QED) is 0.493. The first-order valence-corrected chi connectivity index (χ1v) is 9.18. The van der Waals surface area contributed by atoms with Crippen molar-refractivity contribution in [1.29, 1.82) is 0 Å². The molecular weight excluding hydrogens is 383 g/mol. The number of rotatable bonds is 5. The molecule has 138 valence electrons. The summed E-state index contributed by atoms with van der Waals surface area (Å²) in [6.45, 7) is 3.88. The highest BCUT2D eigenvalue weighted by atomic mass is 35.5. The molecule has 0 radical (unpaired) electrons. The molecule has 0 atom stereocenters. The summed E-state index contributed by atoms with van der Waals surface area (Å²) in [5, 5.41) is 9.42. The number of nitrogens with zero attached hydrogens (tertiary/aromatic N) is 3. The van der Waals surface area contributed by atoms with E-state index in [1.807, 2.05) is 31.2 Å². The molecule has 0 fully saturated rings. The van der Waals surface area contributed by atoms with E-state index in [1.165, 1.54) is 11.8 Å². The van der Waals surface area contributed by atoms with Crippen molar-refractivity contribution in [3.8, 4) is 5.69 Å². The third kappa shape index (κ3) is 4.38. The first-order chi connectivity index (χ1) is 13.0. The average Bonchev–Trinajstić information content (AvgIpc) is 2.96. The molecule has 1 amide bonds. The second-order valence-electron chi connectivity index (χ2n) is 5.93. The molecule has 3 rings (SSSR count). The van der Waals surface area contributed by atoms with Crippen molar-refractivity contribution in [3.63, 3.8) is 0 Å². The lowest BCUT2D eigenvalue weighted by molar-refractivity contribution is 0.0955. The molecule has 7 heteroatoms. The molecule has 5 nitrogen and oxygen atoms in total. The van der Waals surface area contributed by atoms with E-state index in [-0.39, 0.29) is 5.91 Å². The van der Waals surface area contributed by atoms with Crippen molar-refractivity contribution in [2.24, 2.45) is 5.10 Å². The summed E-state index contributed by atoms with van der Waals surface area (Å²) in [5.41, 5.74) is 6.28. The van der Waals surface area contributed by atoms with Crippen molar-refractivity contribution in [3.05, 3.63) is 81.1 Å². The SMILES string of the molecule is CCc1ccc(C(=O)N/N=C\c2c(C)nn(-c3cccc(Cl)c3)c2Cl)cc1. The van der Waals surface area contributed by atoms with Gasteiger partial charge in [0.15, 0.2) is 0 Å². The summed E-state index contributed by atoms with van der Waals surface area (Å²) < 4.78 is 1.58. The van der Waals surface area contributed by atoms with Crippen LogP contribution in [0.15, 0.2) is 53.6 Å². The highest BCUT2D eigenvalue weighted by Crippen LogP contribution is 2.23. The molecule has 0 aliphatic carbocycles. The van der Waals surface area contributed by atoms with Crippen molar-refractivity contribution in [2.45, 2.75) is 20.3 Å². The lowest BCUT2D eigenvalue weighted by atomic mass is 10.1. The minimum atomic E-state index is -0.287. The summed E-state index contributed by atoms with van der Waals surface area (Å²) in [5.74, 6) is -0.287. The normalized spacial score (nSPS) is 11.1. The van der Waals surface area contributed by atoms with Gasteiger partial charge in [0, 0.05) is 10.6 Å². The number of benzene rings is 2. The van der Waals surface area contributed by atoms with Crippen molar-refractivity contribution in [2.75, 3.05) is 0 Å². The first kappa shape index (κ1) is 19.1.